The molecule has 1 unspecified atom stereocenters. The van der Waals surface area contributed by atoms with Crippen molar-refractivity contribution in [1.82, 2.24) is 9.78 Å². The van der Waals surface area contributed by atoms with Crippen LogP contribution in [0.25, 0.3) is 0 Å². The molecule has 46 valence electrons. The molecule has 0 aliphatic heterocycles. The highest BCUT2D eigenvalue weighted by atomic mass is 15.3. The second-order valence-electron chi connectivity index (χ2n) is 1.79. The van der Waals surface area contributed by atoms with Crippen molar-refractivity contribution in [2.24, 2.45) is 0 Å². The molecule has 0 aliphatic rings. The Hall–Kier alpha value is -1.30. The maximum Gasteiger partial charge on any atom is 0.135 e. The van der Waals surface area contributed by atoms with Crippen molar-refractivity contribution in [1.29, 1.82) is 5.26 Å². The van der Waals surface area contributed by atoms with E-state index in [2.05, 4.69) is 11.2 Å². The van der Waals surface area contributed by atoms with E-state index in [1.807, 2.05) is 0 Å². The maximum absolute atomic E-state index is 8.40. The first kappa shape index (κ1) is 5.83. The average Bonchev–Trinajstić information content (AvgIpc) is 2.37. The summed E-state index contributed by atoms with van der Waals surface area (Å²) in [4.78, 5) is 0. The van der Waals surface area contributed by atoms with Crippen LogP contribution >= 0.6 is 0 Å². The predicted molar refractivity (Wildman–Crippen MR) is 32.6 cm³/mol. The SMILES string of the molecule is CC(C#N)n1cccn1. The van der Waals surface area contributed by atoms with E-state index in [9.17, 15) is 0 Å². The molecule has 3 heteroatoms. The third-order valence-corrected chi connectivity index (χ3v) is 1.11. The maximum atomic E-state index is 8.40. The summed E-state index contributed by atoms with van der Waals surface area (Å²) in [5.41, 5.74) is 0. The van der Waals surface area contributed by atoms with E-state index in [1.165, 1.54) is 0 Å². The number of hydrogen-bond acceptors (Lipinski definition) is 2. The fourth-order valence-electron chi connectivity index (χ4n) is 0.569. The zero-order valence-electron chi connectivity index (χ0n) is 5.15. The smallest absolute Gasteiger partial charge is 0.135 e. The number of rotatable bonds is 1. The van der Waals surface area contributed by atoms with Crippen LogP contribution in [-0.4, -0.2) is 9.78 Å². The van der Waals surface area contributed by atoms with Crippen molar-refractivity contribution in [2.45, 2.75) is 13.0 Å². The largest absolute Gasteiger partial charge is 0.256 e. The van der Waals surface area contributed by atoms with Gasteiger partial charge in [-0.15, -0.1) is 0 Å². The molecule has 0 amide bonds. The summed E-state index contributed by atoms with van der Waals surface area (Å²) < 4.78 is 1.61. The molecule has 0 bridgehead atoms. The van der Waals surface area contributed by atoms with Crippen molar-refractivity contribution >= 4 is 0 Å². The van der Waals surface area contributed by atoms with Gasteiger partial charge in [0.25, 0.3) is 0 Å². The highest BCUT2D eigenvalue weighted by Crippen LogP contribution is 1.98. The first-order chi connectivity index (χ1) is 4.34. The Labute approximate surface area is 53.5 Å². The van der Waals surface area contributed by atoms with E-state index >= 15 is 0 Å². The summed E-state index contributed by atoms with van der Waals surface area (Å²) >= 11 is 0. The normalized spacial score (nSPS) is 12.4. The van der Waals surface area contributed by atoms with Crippen LogP contribution < -0.4 is 0 Å². The molecule has 1 atom stereocenters. The minimum Gasteiger partial charge on any atom is -0.256 e. The minimum absolute atomic E-state index is 0.153. The molecule has 1 aromatic heterocycles. The van der Waals surface area contributed by atoms with Crippen molar-refractivity contribution in [3.63, 3.8) is 0 Å². The zero-order chi connectivity index (χ0) is 6.69. The van der Waals surface area contributed by atoms with Crippen LogP contribution in [0.1, 0.15) is 13.0 Å². The fraction of sp³-hybridized carbons (Fsp3) is 0.333. The van der Waals surface area contributed by atoms with Crippen LogP contribution in [0.3, 0.4) is 0 Å². The van der Waals surface area contributed by atoms with E-state index in [0.29, 0.717) is 0 Å². The first-order valence-corrected chi connectivity index (χ1v) is 2.73. The molecular weight excluding hydrogens is 114 g/mol. The third kappa shape index (κ3) is 1.08. The Balaban J connectivity index is 2.80. The van der Waals surface area contributed by atoms with Crippen LogP contribution in [0.5, 0.6) is 0 Å². The van der Waals surface area contributed by atoms with Crippen LogP contribution in [0.4, 0.5) is 0 Å². The molecule has 0 radical (unpaired) electrons. The summed E-state index contributed by atoms with van der Waals surface area (Å²) in [6.45, 7) is 1.80. The molecule has 0 saturated carbocycles. The predicted octanol–water partition coefficient (Wildman–Crippen LogP) is 0.968. The summed E-state index contributed by atoms with van der Waals surface area (Å²) in [5, 5.41) is 12.3. The number of nitrogens with zero attached hydrogens (tertiary/aromatic N) is 3. The van der Waals surface area contributed by atoms with Gasteiger partial charge >= 0.3 is 0 Å². The van der Waals surface area contributed by atoms with Crippen LogP contribution in [0, 0.1) is 11.3 Å². The molecule has 9 heavy (non-hydrogen) atoms. The van der Waals surface area contributed by atoms with E-state index in [-0.39, 0.29) is 6.04 Å². The van der Waals surface area contributed by atoms with Gasteiger partial charge in [-0.2, -0.15) is 10.4 Å². The Kier molecular flexibility index (Phi) is 1.50. The molecule has 1 aromatic rings. The van der Waals surface area contributed by atoms with Gasteiger partial charge in [0, 0.05) is 12.4 Å². The van der Waals surface area contributed by atoms with E-state index < -0.39 is 0 Å². The lowest BCUT2D eigenvalue weighted by Crippen LogP contribution is -2.01. The molecule has 1 heterocycles. The van der Waals surface area contributed by atoms with Gasteiger partial charge in [0.15, 0.2) is 0 Å². The molecule has 0 spiro atoms. The van der Waals surface area contributed by atoms with Gasteiger partial charge in [-0.05, 0) is 13.0 Å². The van der Waals surface area contributed by atoms with Gasteiger partial charge in [0.1, 0.15) is 6.04 Å². The number of nitriles is 1. The Bertz CT molecular complexity index is 207. The van der Waals surface area contributed by atoms with Gasteiger partial charge in [-0.1, -0.05) is 0 Å². The zero-order valence-corrected chi connectivity index (χ0v) is 5.15. The molecule has 0 aliphatic carbocycles. The Morgan fingerprint density at radius 3 is 3.00 bits per heavy atom. The lowest BCUT2D eigenvalue weighted by atomic mass is 10.4. The Morgan fingerprint density at radius 2 is 2.56 bits per heavy atom. The summed E-state index contributed by atoms with van der Waals surface area (Å²) in [5.74, 6) is 0. The van der Waals surface area contributed by atoms with Crippen molar-refractivity contribution in [3.05, 3.63) is 18.5 Å². The van der Waals surface area contributed by atoms with Crippen molar-refractivity contribution in [3.8, 4) is 6.07 Å². The number of hydrogen-bond donors (Lipinski definition) is 0. The van der Waals surface area contributed by atoms with Crippen molar-refractivity contribution < 1.29 is 0 Å². The monoisotopic (exact) mass is 121 g/mol. The van der Waals surface area contributed by atoms with E-state index in [1.54, 1.807) is 30.1 Å². The molecule has 1 rings (SSSR count). The fourth-order valence-corrected chi connectivity index (χ4v) is 0.569. The number of aromatic nitrogens is 2. The third-order valence-electron chi connectivity index (χ3n) is 1.11. The highest BCUT2D eigenvalue weighted by Gasteiger charge is 1.98. The highest BCUT2D eigenvalue weighted by molar-refractivity contribution is 4.89. The molecule has 0 fully saturated rings. The summed E-state index contributed by atoms with van der Waals surface area (Å²) in [6, 6.07) is 3.71. The average molecular weight is 121 g/mol. The van der Waals surface area contributed by atoms with Crippen LogP contribution in [0.15, 0.2) is 18.5 Å². The van der Waals surface area contributed by atoms with Gasteiger partial charge < -0.3 is 0 Å². The van der Waals surface area contributed by atoms with Crippen LogP contribution in [0.2, 0.25) is 0 Å². The molecule has 0 N–H and O–H groups in total. The summed E-state index contributed by atoms with van der Waals surface area (Å²) in [7, 11) is 0. The minimum atomic E-state index is -0.153. The second kappa shape index (κ2) is 2.31. The molecule has 3 nitrogen and oxygen atoms in total. The standard InChI is InChI=1S/C6H7N3/c1-6(5-7)9-4-2-3-8-9/h2-4,6H,1H3. The topological polar surface area (TPSA) is 41.6 Å². The van der Waals surface area contributed by atoms with E-state index in [0.717, 1.165) is 0 Å². The van der Waals surface area contributed by atoms with Crippen molar-refractivity contribution in [2.75, 3.05) is 0 Å². The second-order valence-corrected chi connectivity index (χ2v) is 1.79. The lowest BCUT2D eigenvalue weighted by molar-refractivity contribution is 0.591. The quantitative estimate of drug-likeness (QED) is 0.555. The van der Waals surface area contributed by atoms with Gasteiger partial charge in [-0.3, -0.25) is 4.68 Å². The van der Waals surface area contributed by atoms with Gasteiger partial charge in [-0.25, -0.2) is 0 Å². The molecular formula is C6H7N3. The molecule has 0 aromatic carbocycles. The molecule has 0 saturated heterocycles. The van der Waals surface area contributed by atoms with Gasteiger partial charge in [0.05, 0.1) is 6.07 Å². The van der Waals surface area contributed by atoms with E-state index in [4.69, 9.17) is 5.26 Å². The van der Waals surface area contributed by atoms with Gasteiger partial charge in [0.2, 0.25) is 0 Å². The first-order valence-electron chi connectivity index (χ1n) is 2.73. The van der Waals surface area contributed by atoms with Crippen LogP contribution in [-0.2, 0) is 0 Å². The lowest BCUT2D eigenvalue weighted by Gasteiger charge is -1.98. The summed E-state index contributed by atoms with van der Waals surface area (Å²) in [6.07, 6.45) is 3.43. The Morgan fingerprint density at radius 1 is 1.78 bits per heavy atom.